The van der Waals surface area contributed by atoms with Crippen LogP contribution in [0.2, 0.25) is 0 Å². The number of aliphatic carboxylic acids is 1. The number of carboxylic acids is 1. The molecule has 0 radical (unpaired) electrons. The number of hydrogen-bond donors (Lipinski definition) is 5. The summed E-state index contributed by atoms with van der Waals surface area (Å²) in [6.45, 7) is -0.832. The molecule has 9 heteroatoms. The van der Waals surface area contributed by atoms with E-state index in [0.717, 1.165) is 11.1 Å². The highest BCUT2D eigenvalue weighted by atomic mass is 16.7. The molecular formula is C21H24O9. The lowest BCUT2D eigenvalue weighted by molar-refractivity contribution is -0.277. The van der Waals surface area contributed by atoms with Gasteiger partial charge in [0.2, 0.25) is 6.29 Å². The number of aliphatic hydroxyl groups is 4. The highest BCUT2D eigenvalue weighted by Crippen LogP contribution is 2.33. The van der Waals surface area contributed by atoms with Crippen LogP contribution >= 0.6 is 0 Å². The third-order valence-electron chi connectivity index (χ3n) is 4.71. The summed E-state index contributed by atoms with van der Waals surface area (Å²) in [6, 6.07) is 14.2. The lowest BCUT2D eigenvalue weighted by Gasteiger charge is -2.39. The highest BCUT2D eigenvalue weighted by Gasteiger charge is 2.44. The molecule has 0 unspecified atom stereocenters. The molecule has 3 rings (SSSR count). The third kappa shape index (κ3) is 5.14. The SMILES string of the molecule is O=C(O)COCc1cccc(-c2ccccc2O[C@H]2O[C@H](CO)[C@@H](O)[C@@H](O)[C@@H]2O)c1. The molecule has 2 aromatic rings. The molecule has 0 saturated carbocycles. The minimum absolute atomic E-state index is 0.121. The van der Waals surface area contributed by atoms with Crippen molar-refractivity contribution in [2.24, 2.45) is 0 Å². The number of benzene rings is 2. The van der Waals surface area contributed by atoms with Gasteiger partial charge >= 0.3 is 5.97 Å². The van der Waals surface area contributed by atoms with E-state index in [1.165, 1.54) is 0 Å². The molecular weight excluding hydrogens is 396 g/mol. The summed E-state index contributed by atoms with van der Waals surface area (Å²) in [5.74, 6) is -0.699. The summed E-state index contributed by atoms with van der Waals surface area (Å²) >= 11 is 0. The fraction of sp³-hybridized carbons (Fsp3) is 0.381. The molecule has 5 atom stereocenters. The molecule has 162 valence electrons. The fourth-order valence-electron chi connectivity index (χ4n) is 3.18. The van der Waals surface area contributed by atoms with Crippen LogP contribution in [0.15, 0.2) is 48.5 Å². The lowest BCUT2D eigenvalue weighted by Crippen LogP contribution is -2.60. The lowest BCUT2D eigenvalue weighted by atomic mass is 9.99. The van der Waals surface area contributed by atoms with Gasteiger partial charge in [-0.15, -0.1) is 0 Å². The molecule has 1 saturated heterocycles. The van der Waals surface area contributed by atoms with Gasteiger partial charge in [-0.1, -0.05) is 36.4 Å². The summed E-state index contributed by atoms with van der Waals surface area (Å²) in [7, 11) is 0. The molecule has 1 heterocycles. The predicted octanol–water partition coefficient (Wildman–Crippen LogP) is 0.133. The second kappa shape index (κ2) is 9.98. The van der Waals surface area contributed by atoms with Crippen molar-refractivity contribution in [2.75, 3.05) is 13.2 Å². The predicted molar refractivity (Wildman–Crippen MR) is 104 cm³/mol. The Balaban J connectivity index is 1.80. The number of ether oxygens (including phenoxy) is 3. The standard InChI is InChI=1S/C21H24O9/c22-9-16-18(25)19(26)20(27)21(30-16)29-15-7-2-1-6-14(15)13-5-3-4-12(8-13)10-28-11-17(23)24/h1-8,16,18-22,25-27H,9-11H2,(H,23,24)/t16-,18-,19-,20+,21+/m1/s1. The van der Waals surface area contributed by atoms with Gasteiger partial charge in [0.25, 0.3) is 0 Å². The van der Waals surface area contributed by atoms with E-state index in [1.807, 2.05) is 12.1 Å². The van der Waals surface area contributed by atoms with E-state index in [4.69, 9.17) is 19.3 Å². The Bertz CT molecular complexity index is 854. The smallest absolute Gasteiger partial charge is 0.329 e. The Labute approximate surface area is 172 Å². The van der Waals surface area contributed by atoms with Crippen LogP contribution in [-0.4, -0.2) is 75.4 Å². The Morgan fingerprint density at radius 3 is 2.50 bits per heavy atom. The number of carboxylic acid groups (broad SMARTS) is 1. The molecule has 30 heavy (non-hydrogen) atoms. The average molecular weight is 420 g/mol. The van der Waals surface area contributed by atoms with Gasteiger partial charge in [-0.25, -0.2) is 4.79 Å². The molecule has 0 aliphatic carbocycles. The highest BCUT2D eigenvalue weighted by molar-refractivity contribution is 5.71. The zero-order valence-corrected chi connectivity index (χ0v) is 16.0. The Hall–Kier alpha value is -2.53. The van der Waals surface area contributed by atoms with E-state index >= 15 is 0 Å². The number of carbonyl (C=O) groups is 1. The molecule has 2 aromatic carbocycles. The van der Waals surface area contributed by atoms with E-state index < -0.39 is 49.9 Å². The maximum absolute atomic E-state index is 10.6. The van der Waals surface area contributed by atoms with Crippen molar-refractivity contribution in [3.63, 3.8) is 0 Å². The molecule has 1 fully saturated rings. The number of aliphatic hydroxyl groups excluding tert-OH is 4. The second-order valence-electron chi connectivity index (χ2n) is 6.90. The number of hydrogen-bond acceptors (Lipinski definition) is 8. The van der Waals surface area contributed by atoms with Crippen LogP contribution in [0.4, 0.5) is 0 Å². The van der Waals surface area contributed by atoms with E-state index in [1.54, 1.807) is 36.4 Å². The summed E-state index contributed by atoms with van der Waals surface area (Å²) < 4.78 is 16.3. The van der Waals surface area contributed by atoms with E-state index in [-0.39, 0.29) is 6.61 Å². The van der Waals surface area contributed by atoms with E-state index in [2.05, 4.69) is 0 Å². The van der Waals surface area contributed by atoms with Crippen molar-refractivity contribution in [3.05, 3.63) is 54.1 Å². The topological polar surface area (TPSA) is 146 Å². The molecule has 1 aliphatic heterocycles. The second-order valence-corrected chi connectivity index (χ2v) is 6.90. The van der Waals surface area contributed by atoms with Crippen molar-refractivity contribution < 1.29 is 44.5 Å². The largest absolute Gasteiger partial charge is 0.480 e. The van der Waals surface area contributed by atoms with Gasteiger partial charge in [0.15, 0.2) is 0 Å². The maximum atomic E-state index is 10.6. The molecule has 0 aromatic heterocycles. The van der Waals surface area contributed by atoms with Crippen LogP contribution in [0.5, 0.6) is 5.75 Å². The van der Waals surface area contributed by atoms with Crippen LogP contribution in [0, 0.1) is 0 Å². The first-order valence-corrected chi connectivity index (χ1v) is 9.35. The van der Waals surface area contributed by atoms with Gasteiger partial charge in [-0.2, -0.15) is 0 Å². The van der Waals surface area contributed by atoms with Crippen LogP contribution in [0.3, 0.4) is 0 Å². The molecule has 1 aliphatic rings. The van der Waals surface area contributed by atoms with Gasteiger partial charge in [-0.05, 0) is 23.3 Å². The minimum Gasteiger partial charge on any atom is -0.480 e. The molecule has 0 bridgehead atoms. The zero-order chi connectivity index (χ0) is 21.7. The monoisotopic (exact) mass is 420 g/mol. The zero-order valence-electron chi connectivity index (χ0n) is 16.0. The quantitative estimate of drug-likeness (QED) is 0.402. The van der Waals surface area contributed by atoms with Crippen molar-refractivity contribution in [2.45, 2.75) is 37.3 Å². The van der Waals surface area contributed by atoms with Gasteiger partial charge in [0.1, 0.15) is 36.8 Å². The number of para-hydroxylation sites is 1. The molecule has 0 amide bonds. The Morgan fingerprint density at radius 2 is 1.77 bits per heavy atom. The Kier molecular flexibility index (Phi) is 7.38. The summed E-state index contributed by atoms with van der Waals surface area (Å²) in [6.07, 6.45) is -6.91. The minimum atomic E-state index is -1.54. The van der Waals surface area contributed by atoms with Crippen molar-refractivity contribution in [3.8, 4) is 16.9 Å². The average Bonchev–Trinajstić information content (AvgIpc) is 2.74. The number of rotatable bonds is 8. The van der Waals surface area contributed by atoms with Gasteiger partial charge in [-0.3, -0.25) is 0 Å². The van der Waals surface area contributed by atoms with Crippen molar-refractivity contribution in [1.29, 1.82) is 0 Å². The van der Waals surface area contributed by atoms with Gasteiger partial charge < -0.3 is 39.7 Å². The summed E-state index contributed by atoms with van der Waals surface area (Å²) in [4.78, 5) is 10.6. The van der Waals surface area contributed by atoms with Crippen LogP contribution < -0.4 is 4.74 Å². The summed E-state index contributed by atoms with van der Waals surface area (Å²) in [5, 5.41) is 48.1. The van der Waals surface area contributed by atoms with Gasteiger partial charge in [0, 0.05) is 5.56 Å². The van der Waals surface area contributed by atoms with Crippen molar-refractivity contribution >= 4 is 5.97 Å². The van der Waals surface area contributed by atoms with E-state index in [9.17, 15) is 25.2 Å². The molecule has 9 nitrogen and oxygen atoms in total. The van der Waals surface area contributed by atoms with Crippen LogP contribution in [0.1, 0.15) is 5.56 Å². The molecule has 0 spiro atoms. The first-order chi connectivity index (χ1) is 14.4. The Morgan fingerprint density at radius 1 is 1.00 bits per heavy atom. The summed E-state index contributed by atoms with van der Waals surface area (Å²) in [5.41, 5.74) is 2.18. The van der Waals surface area contributed by atoms with Crippen LogP contribution in [-0.2, 0) is 20.9 Å². The van der Waals surface area contributed by atoms with E-state index in [0.29, 0.717) is 11.3 Å². The first kappa shape index (κ1) is 22.2. The first-order valence-electron chi connectivity index (χ1n) is 9.35. The van der Waals surface area contributed by atoms with Crippen molar-refractivity contribution in [1.82, 2.24) is 0 Å². The van der Waals surface area contributed by atoms with Gasteiger partial charge in [0.05, 0.1) is 13.2 Å². The maximum Gasteiger partial charge on any atom is 0.329 e. The fourth-order valence-corrected chi connectivity index (χ4v) is 3.18. The van der Waals surface area contributed by atoms with Crippen LogP contribution in [0.25, 0.3) is 11.1 Å². The molecule has 5 N–H and O–H groups in total. The normalized spacial score (nSPS) is 26.3. The third-order valence-corrected chi connectivity index (χ3v) is 4.71.